The molecule has 162 valence electrons. The van der Waals surface area contributed by atoms with Gasteiger partial charge in [0.1, 0.15) is 11.5 Å². The highest BCUT2D eigenvalue weighted by Gasteiger charge is 2.09. The van der Waals surface area contributed by atoms with Gasteiger partial charge in [-0.1, -0.05) is 18.2 Å². The fourth-order valence-corrected chi connectivity index (χ4v) is 2.60. The quantitative estimate of drug-likeness (QED) is 0.256. The monoisotopic (exact) mass is 414 g/mol. The number of amides is 1. The Kier molecular flexibility index (Phi) is 10.0. The Hall–Kier alpha value is -3.26. The fourth-order valence-electron chi connectivity index (χ4n) is 2.60. The zero-order valence-corrected chi connectivity index (χ0v) is 17.5. The summed E-state index contributed by atoms with van der Waals surface area (Å²) in [7, 11) is 1.67. The summed E-state index contributed by atoms with van der Waals surface area (Å²) in [5.74, 6) is 0.991. The van der Waals surface area contributed by atoms with Crippen LogP contribution < -0.4 is 20.7 Å². The molecule has 0 aliphatic carbocycles. The number of phenols is 1. The molecule has 4 N–H and O–H groups in total. The molecule has 2 aromatic rings. The molecule has 2 rings (SSSR count). The van der Waals surface area contributed by atoms with E-state index in [4.69, 9.17) is 9.47 Å². The maximum atomic E-state index is 12.1. The number of benzene rings is 2. The summed E-state index contributed by atoms with van der Waals surface area (Å²) in [6, 6.07) is 14.1. The molecule has 8 nitrogen and oxygen atoms in total. The lowest BCUT2D eigenvalue weighted by Gasteiger charge is -2.13. The number of hydrogen-bond donors (Lipinski definition) is 4. The van der Waals surface area contributed by atoms with Gasteiger partial charge >= 0.3 is 0 Å². The SMILES string of the molecule is CCNC(=NCCNC(=O)c1ccccc1O)Nc1cccc(OCCCOC)c1. The Morgan fingerprint density at radius 3 is 2.70 bits per heavy atom. The van der Waals surface area contributed by atoms with Gasteiger partial charge in [-0.05, 0) is 31.2 Å². The van der Waals surface area contributed by atoms with E-state index in [0.717, 1.165) is 17.9 Å². The molecule has 0 spiro atoms. The van der Waals surface area contributed by atoms with Crippen molar-refractivity contribution in [3.63, 3.8) is 0 Å². The molecule has 0 bridgehead atoms. The molecule has 0 saturated carbocycles. The first-order valence-electron chi connectivity index (χ1n) is 9.97. The van der Waals surface area contributed by atoms with Gasteiger partial charge in [-0.15, -0.1) is 0 Å². The van der Waals surface area contributed by atoms with Crippen LogP contribution in [-0.4, -0.2) is 56.9 Å². The lowest BCUT2D eigenvalue weighted by molar-refractivity contribution is 0.0952. The number of nitrogens with zero attached hydrogens (tertiary/aromatic N) is 1. The third-order valence-corrected chi connectivity index (χ3v) is 4.02. The highest BCUT2D eigenvalue weighted by molar-refractivity contribution is 5.97. The van der Waals surface area contributed by atoms with E-state index in [9.17, 15) is 9.90 Å². The first-order chi connectivity index (χ1) is 14.6. The van der Waals surface area contributed by atoms with Crippen molar-refractivity contribution in [3.8, 4) is 11.5 Å². The van der Waals surface area contributed by atoms with E-state index >= 15 is 0 Å². The summed E-state index contributed by atoms with van der Waals surface area (Å²) < 4.78 is 10.7. The lowest BCUT2D eigenvalue weighted by atomic mass is 10.2. The van der Waals surface area contributed by atoms with E-state index in [1.54, 1.807) is 25.3 Å². The number of anilines is 1. The summed E-state index contributed by atoms with van der Waals surface area (Å²) in [4.78, 5) is 16.6. The summed E-state index contributed by atoms with van der Waals surface area (Å²) in [6.45, 7) is 4.64. The Balaban J connectivity index is 1.87. The van der Waals surface area contributed by atoms with Gasteiger partial charge < -0.3 is 30.5 Å². The predicted octanol–water partition coefficient (Wildman–Crippen LogP) is 2.61. The minimum Gasteiger partial charge on any atom is -0.507 e. The van der Waals surface area contributed by atoms with Crippen molar-refractivity contribution in [3.05, 3.63) is 54.1 Å². The number of aliphatic imine (C=N–C) groups is 1. The Labute approximate surface area is 177 Å². The highest BCUT2D eigenvalue weighted by Crippen LogP contribution is 2.17. The number of phenolic OH excluding ortho intramolecular Hbond substituents is 1. The van der Waals surface area contributed by atoms with Gasteiger partial charge in [-0.25, -0.2) is 0 Å². The molecular weight excluding hydrogens is 384 g/mol. The van der Waals surface area contributed by atoms with Crippen LogP contribution in [0.15, 0.2) is 53.5 Å². The second-order valence-electron chi connectivity index (χ2n) is 6.38. The molecule has 0 fully saturated rings. The average molecular weight is 415 g/mol. The molecule has 0 aliphatic rings. The van der Waals surface area contributed by atoms with Gasteiger partial charge in [-0.2, -0.15) is 0 Å². The number of methoxy groups -OCH3 is 1. The van der Waals surface area contributed by atoms with Crippen molar-refractivity contribution in [1.82, 2.24) is 10.6 Å². The topological polar surface area (TPSA) is 104 Å². The molecule has 0 radical (unpaired) electrons. The first-order valence-corrected chi connectivity index (χ1v) is 9.97. The number of para-hydroxylation sites is 1. The summed E-state index contributed by atoms with van der Waals surface area (Å²) in [6.07, 6.45) is 0.824. The van der Waals surface area contributed by atoms with Crippen molar-refractivity contribution in [2.45, 2.75) is 13.3 Å². The predicted molar refractivity (Wildman–Crippen MR) is 118 cm³/mol. The Bertz CT molecular complexity index is 826. The summed E-state index contributed by atoms with van der Waals surface area (Å²) >= 11 is 0. The van der Waals surface area contributed by atoms with E-state index in [0.29, 0.717) is 38.8 Å². The molecule has 30 heavy (non-hydrogen) atoms. The van der Waals surface area contributed by atoms with Crippen molar-refractivity contribution >= 4 is 17.6 Å². The van der Waals surface area contributed by atoms with Crippen LogP contribution in [0.25, 0.3) is 0 Å². The maximum absolute atomic E-state index is 12.1. The molecule has 8 heteroatoms. The number of nitrogens with one attached hydrogen (secondary N) is 3. The maximum Gasteiger partial charge on any atom is 0.255 e. The molecule has 1 amide bonds. The minimum absolute atomic E-state index is 0.0437. The smallest absolute Gasteiger partial charge is 0.255 e. The number of aromatic hydroxyl groups is 1. The van der Waals surface area contributed by atoms with E-state index in [-0.39, 0.29) is 17.2 Å². The second kappa shape index (κ2) is 13.1. The number of hydrogen-bond acceptors (Lipinski definition) is 5. The average Bonchev–Trinajstić information content (AvgIpc) is 2.75. The molecule has 0 aromatic heterocycles. The second-order valence-corrected chi connectivity index (χ2v) is 6.38. The Morgan fingerprint density at radius 2 is 1.93 bits per heavy atom. The van der Waals surface area contributed by atoms with E-state index < -0.39 is 0 Å². The number of carbonyl (C=O) groups excluding carboxylic acids is 1. The molecule has 0 aliphatic heterocycles. The first kappa shape index (κ1) is 23.0. The van der Waals surface area contributed by atoms with Gasteiger partial charge in [0.15, 0.2) is 5.96 Å². The zero-order chi connectivity index (χ0) is 21.6. The van der Waals surface area contributed by atoms with Crippen LogP contribution in [0.2, 0.25) is 0 Å². The molecular formula is C22H30N4O4. The van der Waals surface area contributed by atoms with E-state index in [1.165, 1.54) is 6.07 Å². The molecule has 2 aromatic carbocycles. The number of rotatable bonds is 11. The van der Waals surface area contributed by atoms with Crippen molar-refractivity contribution in [1.29, 1.82) is 0 Å². The largest absolute Gasteiger partial charge is 0.507 e. The van der Waals surface area contributed by atoms with Gasteiger partial charge in [0.05, 0.1) is 18.7 Å². The molecule has 0 atom stereocenters. The van der Waals surface area contributed by atoms with Gasteiger partial charge in [-0.3, -0.25) is 9.79 Å². The van der Waals surface area contributed by atoms with E-state index in [2.05, 4.69) is 20.9 Å². The Morgan fingerprint density at radius 1 is 1.10 bits per heavy atom. The van der Waals surface area contributed by atoms with Crippen LogP contribution in [0, 0.1) is 0 Å². The van der Waals surface area contributed by atoms with Gasteiger partial charge in [0, 0.05) is 45.0 Å². The fraction of sp³-hybridized carbons (Fsp3) is 0.364. The standard InChI is InChI=1S/C22H30N4O4/c1-3-23-22(25-13-12-24-21(28)19-10-4-5-11-20(19)27)26-17-8-6-9-18(16-17)30-15-7-14-29-2/h4-6,8-11,16,27H,3,7,12-15H2,1-2H3,(H,24,28)(H2,23,25,26). The molecule has 0 saturated heterocycles. The number of guanidine groups is 1. The normalized spacial score (nSPS) is 11.1. The van der Waals surface area contributed by atoms with E-state index in [1.807, 2.05) is 31.2 Å². The lowest BCUT2D eigenvalue weighted by Crippen LogP contribution is -2.32. The van der Waals surface area contributed by atoms with Crippen LogP contribution in [0.3, 0.4) is 0 Å². The third-order valence-electron chi connectivity index (χ3n) is 4.02. The van der Waals surface area contributed by atoms with Gasteiger partial charge in [0.2, 0.25) is 0 Å². The van der Waals surface area contributed by atoms with Gasteiger partial charge in [0.25, 0.3) is 5.91 Å². The highest BCUT2D eigenvalue weighted by atomic mass is 16.5. The van der Waals surface area contributed by atoms with Crippen LogP contribution >= 0.6 is 0 Å². The van der Waals surface area contributed by atoms with Crippen LogP contribution in [-0.2, 0) is 4.74 Å². The van der Waals surface area contributed by atoms with Crippen LogP contribution in [0.4, 0.5) is 5.69 Å². The third kappa shape index (κ3) is 8.00. The number of ether oxygens (including phenoxy) is 2. The summed E-state index contributed by atoms with van der Waals surface area (Å²) in [5.41, 5.74) is 1.09. The van der Waals surface area contributed by atoms with Crippen LogP contribution in [0.1, 0.15) is 23.7 Å². The summed E-state index contributed by atoms with van der Waals surface area (Å²) in [5, 5.41) is 18.9. The van der Waals surface area contributed by atoms with Crippen molar-refractivity contribution in [2.24, 2.45) is 4.99 Å². The minimum atomic E-state index is -0.334. The molecule has 0 heterocycles. The zero-order valence-electron chi connectivity index (χ0n) is 17.5. The number of carbonyl (C=O) groups is 1. The van der Waals surface area contributed by atoms with Crippen molar-refractivity contribution < 1.29 is 19.4 Å². The van der Waals surface area contributed by atoms with Crippen LogP contribution in [0.5, 0.6) is 11.5 Å². The van der Waals surface area contributed by atoms with Crippen molar-refractivity contribution in [2.75, 3.05) is 45.3 Å². The molecule has 0 unspecified atom stereocenters.